The Kier molecular flexibility index (Phi) is 6.55. The number of hydrogen-bond donors (Lipinski definition) is 1. The molecule has 2 aromatic rings. The van der Waals surface area contributed by atoms with Crippen molar-refractivity contribution in [1.29, 1.82) is 0 Å². The van der Waals surface area contributed by atoms with E-state index in [2.05, 4.69) is 39.4 Å². The van der Waals surface area contributed by atoms with Gasteiger partial charge >= 0.3 is 0 Å². The van der Waals surface area contributed by atoms with Crippen LogP contribution in [0.5, 0.6) is 11.5 Å². The third kappa shape index (κ3) is 4.77. The van der Waals surface area contributed by atoms with E-state index in [1.165, 1.54) is 11.1 Å². The summed E-state index contributed by atoms with van der Waals surface area (Å²) in [7, 11) is 4.09. The van der Waals surface area contributed by atoms with E-state index in [1.807, 2.05) is 38.4 Å². The maximum Gasteiger partial charge on any atom is 0.234 e. The predicted octanol–water partition coefficient (Wildman–Crippen LogP) is 3.01. The van der Waals surface area contributed by atoms with Crippen molar-refractivity contribution < 1.29 is 14.3 Å². The maximum atomic E-state index is 12.8. The van der Waals surface area contributed by atoms with Gasteiger partial charge in [-0.05, 0) is 56.7 Å². The van der Waals surface area contributed by atoms with Gasteiger partial charge in [-0.15, -0.1) is 0 Å². The molecule has 30 heavy (non-hydrogen) atoms. The average Bonchev–Trinajstić information content (AvgIpc) is 3.22. The summed E-state index contributed by atoms with van der Waals surface area (Å²) in [6.45, 7) is 3.12. The molecule has 1 N–H and O–H groups in total. The van der Waals surface area contributed by atoms with E-state index in [-0.39, 0.29) is 18.0 Å². The van der Waals surface area contributed by atoms with Gasteiger partial charge in [0.15, 0.2) is 11.5 Å². The number of hydrogen-bond acceptors (Lipinski definition) is 5. The van der Waals surface area contributed by atoms with Gasteiger partial charge in [-0.2, -0.15) is 0 Å². The first-order chi connectivity index (χ1) is 14.6. The van der Waals surface area contributed by atoms with Gasteiger partial charge in [-0.1, -0.05) is 36.4 Å². The van der Waals surface area contributed by atoms with Crippen LogP contribution >= 0.6 is 0 Å². The van der Waals surface area contributed by atoms with Crippen molar-refractivity contribution in [3.05, 3.63) is 59.7 Å². The molecule has 0 aromatic heterocycles. The first kappa shape index (κ1) is 20.7. The van der Waals surface area contributed by atoms with Crippen LogP contribution in [0.2, 0.25) is 0 Å². The van der Waals surface area contributed by atoms with Gasteiger partial charge in [0.05, 0.1) is 12.6 Å². The van der Waals surface area contributed by atoms with Gasteiger partial charge in [-0.3, -0.25) is 9.69 Å². The Morgan fingerprint density at radius 2 is 1.90 bits per heavy atom. The second-order valence-electron chi connectivity index (χ2n) is 8.23. The number of nitrogens with one attached hydrogen (secondary N) is 1. The van der Waals surface area contributed by atoms with Crippen molar-refractivity contribution in [3.8, 4) is 11.5 Å². The highest BCUT2D eigenvalue weighted by Gasteiger charge is 2.29. The second kappa shape index (κ2) is 9.49. The van der Waals surface area contributed by atoms with Crippen molar-refractivity contribution in [2.45, 2.75) is 24.9 Å². The molecule has 4 rings (SSSR count). The number of carbonyl (C=O) groups excluding carboxylic acids is 1. The maximum absolute atomic E-state index is 12.8. The number of benzene rings is 2. The van der Waals surface area contributed by atoms with Crippen LogP contribution < -0.4 is 14.8 Å². The minimum Gasteiger partial charge on any atom is -0.486 e. The first-order valence-electron chi connectivity index (χ1n) is 10.7. The molecule has 0 saturated carbocycles. The highest BCUT2D eigenvalue weighted by molar-refractivity contribution is 5.78. The minimum atomic E-state index is 0.0715. The summed E-state index contributed by atoms with van der Waals surface area (Å²) in [4.78, 5) is 17.2. The molecular weight excluding hydrogens is 378 g/mol. The molecule has 2 aliphatic rings. The Morgan fingerprint density at radius 1 is 1.13 bits per heavy atom. The summed E-state index contributed by atoms with van der Waals surface area (Å²) in [5.41, 5.74) is 2.40. The fourth-order valence-corrected chi connectivity index (χ4v) is 4.38. The molecular formula is C24H31N3O3. The molecule has 0 bridgehead atoms. The van der Waals surface area contributed by atoms with Crippen molar-refractivity contribution >= 4 is 5.91 Å². The quantitative estimate of drug-likeness (QED) is 0.762. The molecule has 2 heterocycles. The van der Waals surface area contributed by atoms with Crippen LogP contribution in [0, 0.1) is 0 Å². The van der Waals surface area contributed by atoms with Gasteiger partial charge < -0.3 is 19.7 Å². The van der Waals surface area contributed by atoms with E-state index in [0.717, 1.165) is 30.9 Å². The van der Waals surface area contributed by atoms with Crippen molar-refractivity contribution in [3.63, 3.8) is 0 Å². The zero-order chi connectivity index (χ0) is 20.9. The molecule has 6 heteroatoms. The second-order valence-corrected chi connectivity index (χ2v) is 8.23. The molecule has 2 unspecified atom stereocenters. The molecule has 1 saturated heterocycles. The van der Waals surface area contributed by atoms with Gasteiger partial charge in [0.25, 0.3) is 0 Å². The average molecular weight is 410 g/mol. The van der Waals surface area contributed by atoms with Crippen LogP contribution in [0.1, 0.15) is 36.1 Å². The smallest absolute Gasteiger partial charge is 0.234 e. The number of rotatable bonds is 7. The van der Waals surface area contributed by atoms with E-state index in [9.17, 15) is 4.79 Å². The summed E-state index contributed by atoms with van der Waals surface area (Å²) in [5.74, 6) is 1.69. The largest absolute Gasteiger partial charge is 0.486 e. The molecule has 6 nitrogen and oxygen atoms in total. The van der Waals surface area contributed by atoms with Crippen LogP contribution in [0.3, 0.4) is 0 Å². The summed E-state index contributed by atoms with van der Waals surface area (Å²) in [6, 6.07) is 16.9. The van der Waals surface area contributed by atoms with Crippen LogP contribution in [0.25, 0.3) is 0 Å². The lowest BCUT2D eigenvalue weighted by molar-refractivity contribution is -0.122. The van der Waals surface area contributed by atoms with Crippen LogP contribution in [0.15, 0.2) is 48.5 Å². The fourth-order valence-electron chi connectivity index (χ4n) is 4.38. The number of likely N-dealkylation sites (tertiary alicyclic amines) is 1. The molecule has 2 aliphatic heterocycles. The molecule has 160 valence electrons. The number of carbonyl (C=O) groups is 1. The normalized spacial score (nSPS) is 19.6. The Labute approximate surface area is 178 Å². The summed E-state index contributed by atoms with van der Waals surface area (Å²) >= 11 is 0. The van der Waals surface area contributed by atoms with Crippen molar-refractivity contribution in [1.82, 2.24) is 15.1 Å². The third-order valence-corrected chi connectivity index (χ3v) is 5.96. The van der Waals surface area contributed by atoms with Crippen LogP contribution in [-0.4, -0.2) is 62.7 Å². The summed E-state index contributed by atoms with van der Waals surface area (Å²) < 4.78 is 11.4. The lowest BCUT2D eigenvalue weighted by atomic mass is 10.0. The minimum absolute atomic E-state index is 0.0715. The Hall–Kier alpha value is -2.57. The van der Waals surface area contributed by atoms with E-state index < -0.39 is 0 Å². The highest BCUT2D eigenvalue weighted by atomic mass is 16.6. The Balaban J connectivity index is 1.36. The SMILES string of the molecule is CN(C)C(CNC(=O)CN1CCCC1c1ccc2c(c1)OCCO2)c1ccccc1. The number of likely N-dealkylation sites (N-methyl/N-ethyl adjacent to an activating group) is 1. The standard InChI is InChI=1S/C24H31N3O3/c1-26(2)21(18-7-4-3-5-8-18)16-25-24(28)17-27-12-6-9-20(27)19-10-11-22-23(15-19)30-14-13-29-22/h3-5,7-8,10-11,15,20-21H,6,9,12-14,16-17H2,1-2H3,(H,25,28). The zero-order valence-corrected chi connectivity index (χ0v) is 17.8. The number of ether oxygens (including phenoxy) is 2. The molecule has 0 aliphatic carbocycles. The van der Waals surface area contributed by atoms with E-state index in [1.54, 1.807) is 0 Å². The lowest BCUT2D eigenvalue weighted by Gasteiger charge is -2.28. The molecule has 0 spiro atoms. The Morgan fingerprint density at radius 3 is 2.67 bits per heavy atom. The van der Waals surface area contributed by atoms with Crippen LogP contribution in [-0.2, 0) is 4.79 Å². The number of nitrogens with zero attached hydrogens (tertiary/aromatic N) is 2. The van der Waals surface area contributed by atoms with E-state index in [0.29, 0.717) is 26.3 Å². The van der Waals surface area contributed by atoms with Gasteiger partial charge in [-0.25, -0.2) is 0 Å². The third-order valence-electron chi connectivity index (χ3n) is 5.96. The van der Waals surface area contributed by atoms with E-state index in [4.69, 9.17) is 9.47 Å². The van der Waals surface area contributed by atoms with E-state index >= 15 is 0 Å². The van der Waals surface area contributed by atoms with Crippen molar-refractivity contribution in [2.75, 3.05) is 46.9 Å². The molecule has 1 fully saturated rings. The molecule has 2 aromatic carbocycles. The number of amides is 1. The Bertz CT molecular complexity index is 856. The summed E-state index contributed by atoms with van der Waals surface area (Å²) in [5, 5.41) is 3.14. The van der Waals surface area contributed by atoms with Crippen molar-refractivity contribution in [2.24, 2.45) is 0 Å². The van der Waals surface area contributed by atoms with Gasteiger partial charge in [0.1, 0.15) is 13.2 Å². The molecule has 0 radical (unpaired) electrons. The predicted molar refractivity (Wildman–Crippen MR) is 117 cm³/mol. The zero-order valence-electron chi connectivity index (χ0n) is 17.8. The van der Waals surface area contributed by atoms with Gasteiger partial charge in [0.2, 0.25) is 5.91 Å². The topological polar surface area (TPSA) is 54.0 Å². The molecule has 1 amide bonds. The van der Waals surface area contributed by atoms with Gasteiger partial charge in [0, 0.05) is 12.6 Å². The first-order valence-corrected chi connectivity index (χ1v) is 10.7. The lowest BCUT2D eigenvalue weighted by Crippen LogP contribution is -2.40. The highest BCUT2D eigenvalue weighted by Crippen LogP contribution is 2.37. The molecule has 2 atom stereocenters. The number of fused-ring (bicyclic) bond motifs is 1. The monoisotopic (exact) mass is 409 g/mol. The summed E-state index contributed by atoms with van der Waals surface area (Å²) in [6.07, 6.45) is 2.15. The van der Waals surface area contributed by atoms with Crippen LogP contribution in [0.4, 0.5) is 0 Å². The fraction of sp³-hybridized carbons (Fsp3) is 0.458.